The molecule has 1 aliphatic carbocycles. The Hall–Kier alpha value is -2.25. The third kappa shape index (κ3) is 4.20. The quantitative estimate of drug-likeness (QED) is 0.621. The maximum atomic E-state index is 14.5. The van der Waals surface area contributed by atoms with Gasteiger partial charge in [-0.1, -0.05) is 36.4 Å². The van der Waals surface area contributed by atoms with E-state index in [0.29, 0.717) is 12.8 Å². The third-order valence-corrected chi connectivity index (χ3v) is 5.87. The minimum Gasteiger partial charge on any atom is -0.299 e. The van der Waals surface area contributed by atoms with Gasteiger partial charge < -0.3 is 0 Å². The molecule has 0 N–H and O–H groups in total. The van der Waals surface area contributed by atoms with Crippen LogP contribution in [0.2, 0.25) is 0 Å². The van der Waals surface area contributed by atoms with E-state index in [9.17, 15) is 14.0 Å². The lowest BCUT2D eigenvalue weighted by atomic mass is 9.72. The fraction of sp³-hybridized carbons (Fsp3) is 0.435. The lowest BCUT2D eigenvalue weighted by Crippen LogP contribution is -2.34. The first kappa shape index (κ1) is 19.5. The van der Waals surface area contributed by atoms with E-state index in [1.54, 1.807) is 0 Å². The molecule has 2 nitrogen and oxygen atoms in total. The van der Waals surface area contributed by atoms with Crippen LogP contribution in [-0.4, -0.2) is 18.0 Å². The van der Waals surface area contributed by atoms with Crippen LogP contribution in [0, 0.1) is 28.9 Å². The van der Waals surface area contributed by atoms with Gasteiger partial charge in [-0.3, -0.25) is 4.90 Å². The first-order valence-electron chi connectivity index (χ1n) is 9.58. The number of rotatable bonds is 8. The lowest BCUT2D eigenvalue weighted by molar-refractivity contribution is 0.220. The summed E-state index contributed by atoms with van der Waals surface area (Å²) < 4.78 is 29.0. The van der Waals surface area contributed by atoms with Crippen LogP contribution in [0.5, 0.6) is 0 Å². The fourth-order valence-corrected chi connectivity index (χ4v) is 3.92. The van der Waals surface area contributed by atoms with Crippen molar-refractivity contribution >= 4 is 0 Å². The highest BCUT2D eigenvalue weighted by Crippen LogP contribution is 2.51. The molecule has 0 bridgehead atoms. The first-order chi connectivity index (χ1) is 13.0. The van der Waals surface area contributed by atoms with Crippen molar-refractivity contribution in [2.75, 3.05) is 7.05 Å². The van der Waals surface area contributed by atoms with Gasteiger partial charge in [0.25, 0.3) is 0 Å². The SMILES string of the molecule is CC(CCC(C#N)(c1c(F)cccc1F)C1CC1)N(C)Cc1ccccc1. The van der Waals surface area contributed by atoms with Crippen LogP contribution >= 0.6 is 0 Å². The zero-order valence-electron chi connectivity index (χ0n) is 16.0. The Kier molecular flexibility index (Phi) is 5.92. The van der Waals surface area contributed by atoms with Gasteiger partial charge in [-0.15, -0.1) is 0 Å². The summed E-state index contributed by atoms with van der Waals surface area (Å²) in [5.41, 5.74) is 0.116. The van der Waals surface area contributed by atoms with Crippen LogP contribution in [0.3, 0.4) is 0 Å². The smallest absolute Gasteiger partial charge is 0.130 e. The topological polar surface area (TPSA) is 27.0 Å². The molecule has 0 radical (unpaired) electrons. The molecule has 1 aliphatic rings. The Morgan fingerprint density at radius 1 is 1.11 bits per heavy atom. The van der Waals surface area contributed by atoms with Gasteiger partial charge in [0, 0.05) is 18.2 Å². The van der Waals surface area contributed by atoms with Crippen molar-refractivity contribution in [2.24, 2.45) is 5.92 Å². The van der Waals surface area contributed by atoms with Crippen LogP contribution in [0.25, 0.3) is 0 Å². The first-order valence-corrected chi connectivity index (χ1v) is 9.58. The number of nitrogens with zero attached hydrogens (tertiary/aromatic N) is 2. The molecule has 2 aromatic rings. The minimum atomic E-state index is -1.07. The summed E-state index contributed by atoms with van der Waals surface area (Å²) in [7, 11) is 2.05. The Morgan fingerprint density at radius 2 is 1.74 bits per heavy atom. The summed E-state index contributed by atoms with van der Waals surface area (Å²) in [4.78, 5) is 2.22. The van der Waals surface area contributed by atoms with Crippen molar-refractivity contribution in [3.8, 4) is 6.07 Å². The highest BCUT2D eigenvalue weighted by atomic mass is 19.1. The fourth-order valence-electron chi connectivity index (χ4n) is 3.92. The van der Waals surface area contributed by atoms with Crippen molar-refractivity contribution in [3.05, 3.63) is 71.3 Å². The summed E-state index contributed by atoms with van der Waals surface area (Å²) in [6, 6.07) is 16.6. The molecule has 0 saturated heterocycles. The third-order valence-electron chi connectivity index (χ3n) is 5.87. The zero-order chi connectivity index (χ0) is 19.4. The van der Waals surface area contributed by atoms with Gasteiger partial charge in [0.1, 0.15) is 11.6 Å². The Morgan fingerprint density at radius 3 is 2.30 bits per heavy atom. The normalized spacial score (nSPS) is 17.3. The van der Waals surface area contributed by atoms with Gasteiger partial charge in [0.05, 0.1) is 11.5 Å². The van der Waals surface area contributed by atoms with Crippen LogP contribution in [0.4, 0.5) is 8.78 Å². The highest BCUT2D eigenvalue weighted by molar-refractivity contribution is 5.38. The van der Waals surface area contributed by atoms with Gasteiger partial charge in [0.15, 0.2) is 0 Å². The molecule has 142 valence electrons. The van der Waals surface area contributed by atoms with Gasteiger partial charge in [-0.05, 0) is 63.3 Å². The van der Waals surface area contributed by atoms with E-state index in [1.807, 2.05) is 25.2 Å². The van der Waals surface area contributed by atoms with Crippen molar-refractivity contribution in [1.82, 2.24) is 4.90 Å². The monoisotopic (exact) mass is 368 g/mol. The van der Waals surface area contributed by atoms with Gasteiger partial charge in [0.2, 0.25) is 0 Å². The van der Waals surface area contributed by atoms with Crippen molar-refractivity contribution < 1.29 is 8.78 Å². The molecule has 0 spiro atoms. The van der Waals surface area contributed by atoms with Crippen LogP contribution in [0.1, 0.15) is 43.7 Å². The minimum absolute atomic E-state index is 0.0343. The largest absolute Gasteiger partial charge is 0.299 e. The van der Waals surface area contributed by atoms with Gasteiger partial charge in [-0.25, -0.2) is 8.78 Å². The number of hydrogen-bond acceptors (Lipinski definition) is 2. The average Bonchev–Trinajstić information content (AvgIpc) is 3.50. The highest BCUT2D eigenvalue weighted by Gasteiger charge is 2.49. The van der Waals surface area contributed by atoms with E-state index < -0.39 is 17.0 Å². The van der Waals surface area contributed by atoms with Crippen molar-refractivity contribution in [2.45, 2.75) is 50.6 Å². The molecule has 1 fully saturated rings. The molecule has 0 heterocycles. The van der Waals surface area contributed by atoms with E-state index in [-0.39, 0.29) is 17.5 Å². The number of nitriles is 1. The second kappa shape index (κ2) is 8.19. The molecule has 3 rings (SSSR count). The molecule has 0 amide bonds. The molecular weight excluding hydrogens is 342 g/mol. The maximum absolute atomic E-state index is 14.5. The molecule has 0 aliphatic heterocycles. The zero-order valence-corrected chi connectivity index (χ0v) is 16.0. The Balaban J connectivity index is 1.75. The maximum Gasteiger partial charge on any atom is 0.130 e. The second-order valence-corrected chi connectivity index (χ2v) is 7.74. The molecule has 2 atom stereocenters. The molecule has 2 aromatic carbocycles. The summed E-state index contributed by atoms with van der Waals surface area (Å²) in [6.45, 7) is 2.91. The van der Waals surface area contributed by atoms with E-state index >= 15 is 0 Å². The molecule has 27 heavy (non-hydrogen) atoms. The summed E-state index contributed by atoms with van der Waals surface area (Å²) in [6.07, 6.45) is 2.89. The average molecular weight is 368 g/mol. The second-order valence-electron chi connectivity index (χ2n) is 7.74. The van der Waals surface area contributed by atoms with Gasteiger partial charge in [-0.2, -0.15) is 5.26 Å². The molecule has 2 unspecified atom stereocenters. The van der Waals surface area contributed by atoms with E-state index in [0.717, 1.165) is 19.4 Å². The molecule has 1 saturated carbocycles. The Bertz CT molecular complexity index is 791. The summed E-state index contributed by atoms with van der Waals surface area (Å²) >= 11 is 0. The molecule has 0 aromatic heterocycles. The number of hydrogen-bond donors (Lipinski definition) is 0. The van der Waals surface area contributed by atoms with Gasteiger partial charge >= 0.3 is 0 Å². The van der Waals surface area contributed by atoms with Crippen molar-refractivity contribution in [1.29, 1.82) is 5.26 Å². The summed E-state index contributed by atoms with van der Waals surface area (Å²) in [5, 5.41) is 9.98. The Labute approximate surface area is 160 Å². The van der Waals surface area contributed by atoms with E-state index in [1.165, 1.54) is 23.8 Å². The van der Waals surface area contributed by atoms with Crippen LogP contribution < -0.4 is 0 Å². The predicted molar refractivity (Wildman–Crippen MR) is 103 cm³/mol. The number of halogens is 2. The van der Waals surface area contributed by atoms with Crippen LogP contribution in [-0.2, 0) is 12.0 Å². The van der Waals surface area contributed by atoms with Crippen molar-refractivity contribution in [3.63, 3.8) is 0 Å². The predicted octanol–water partition coefficient (Wildman–Crippen LogP) is 5.44. The standard InChI is InChI=1S/C23H26F2N2/c1-17(27(2)15-18-7-4-3-5-8-18)13-14-23(16-26,19-11-12-19)22-20(24)9-6-10-21(22)25/h3-10,17,19H,11-15H2,1-2H3. The summed E-state index contributed by atoms with van der Waals surface area (Å²) in [5.74, 6) is -1.16. The van der Waals surface area contributed by atoms with Crippen LogP contribution in [0.15, 0.2) is 48.5 Å². The van der Waals surface area contributed by atoms with E-state index in [4.69, 9.17) is 0 Å². The van der Waals surface area contributed by atoms with E-state index in [2.05, 4.69) is 30.0 Å². The molecule has 4 heteroatoms. The molecular formula is C23H26F2N2. The number of benzene rings is 2. The lowest BCUT2D eigenvalue weighted by Gasteiger charge is -2.32.